The average Bonchev–Trinajstić information content (AvgIpc) is 2.46. The van der Waals surface area contributed by atoms with Crippen LogP contribution in [-0.4, -0.2) is 40.5 Å². The van der Waals surface area contributed by atoms with Gasteiger partial charge in [0.05, 0.1) is 12.4 Å². The quantitative estimate of drug-likeness (QED) is 0.525. The molecule has 0 saturated carbocycles. The van der Waals surface area contributed by atoms with Crippen LogP contribution in [0.3, 0.4) is 0 Å². The smallest absolute Gasteiger partial charge is 0.426 e. The summed E-state index contributed by atoms with van der Waals surface area (Å²) in [7, 11) is -1.65. The standard InChI is InChI=1S/C17H27BN2O4/c1-12(2)10-14(18(23)24)19-16(22)17(3,4)20-15(21)11-13-8-6-5-7-9-13/h5-9,12,14,23-24H,10-11H2,1-4H3,(H,19,22)(H,20,21)/t14-/m0/s1. The molecule has 6 nitrogen and oxygen atoms in total. The molecule has 1 atom stereocenters. The minimum atomic E-state index is -1.65. The molecule has 0 radical (unpaired) electrons. The zero-order valence-corrected chi connectivity index (χ0v) is 14.7. The first-order valence-electron chi connectivity index (χ1n) is 8.14. The van der Waals surface area contributed by atoms with Gasteiger partial charge >= 0.3 is 7.12 Å². The summed E-state index contributed by atoms with van der Waals surface area (Å²) < 4.78 is 0. The molecule has 0 heterocycles. The van der Waals surface area contributed by atoms with Gasteiger partial charge in [-0.25, -0.2) is 0 Å². The van der Waals surface area contributed by atoms with Gasteiger partial charge in [-0.3, -0.25) is 9.59 Å². The van der Waals surface area contributed by atoms with E-state index in [4.69, 9.17) is 0 Å². The molecule has 0 fully saturated rings. The van der Waals surface area contributed by atoms with Gasteiger partial charge in [0.15, 0.2) is 0 Å². The fourth-order valence-corrected chi connectivity index (χ4v) is 2.34. The van der Waals surface area contributed by atoms with Gasteiger partial charge in [0, 0.05) is 0 Å². The Morgan fingerprint density at radius 1 is 1.17 bits per heavy atom. The second kappa shape index (κ2) is 8.85. The van der Waals surface area contributed by atoms with E-state index in [0.29, 0.717) is 6.42 Å². The maximum Gasteiger partial charge on any atom is 0.475 e. The number of carbonyl (C=O) groups excluding carboxylic acids is 2. The van der Waals surface area contributed by atoms with Crippen molar-refractivity contribution in [1.29, 1.82) is 0 Å². The number of hydrogen-bond donors (Lipinski definition) is 4. The molecule has 0 aromatic heterocycles. The second-order valence-corrected chi connectivity index (χ2v) is 6.96. The van der Waals surface area contributed by atoms with E-state index in [9.17, 15) is 19.6 Å². The minimum Gasteiger partial charge on any atom is -0.426 e. The Labute approximate surface area is 143 Å². The highest BCUT2D eigenvalue weighted by molar-refractivity contribution is 6.43. The fourth-order valence-electron chi connectivity index (χ4n) is 2.34. The molecule has 1 aromatic carbocycles. The molecule has 7 heteroatoms. The van der Waals surface area contributed by atoms with Crippen LogP contribution in [0, 0.1) is 5.92 Å². The highest BCUT2D eigenvalue weighted by Crippen LogP contribution is 2.10. The number of hydrogen-bond acceptors (Lipinski definition) is 4. The van der Waals surface area contributed by atoms with Crippen LogP contribution in [0.15, 0.2) is 30.3 Å². The third kappa shape index (κ3) is 6.72. The van der Waals surface area contributed by atoms with Crippen molar-refractivity contribution >= 4 is 18.9 Å². The SMILES string of the molecule is CC(C)C[C@H](NC(=O)C(C)(C)NC(=O)Cc1ccccc1)B(O)O. The fraction of sp³-hybridized carbons (Fsp3) is 0.529. The van der Waals surface area contributed by atoms with E-state index >= 15 is 0 Å². The van der Waals surface area contributed by atoms with Crippen LogP contribution in [0.1, 0.15) is 39.7 Å². The Balaban J connectivity index is 2.65. The van der Waals surface area contributed by atoms with Crippen molar-refractivity contribution in [3.63, 3.8) is 0 Å². The molecular weight excluding hydrogens is 307 g/mol. The van der Waals surface area contributed by atoms with Crippen LogP contribution >= 0.6 is 0 Å². The average molecular weight is 334 g/mol. The maximum absolute atomic E-state index is 12.4. The molecule has 24 heavy (non-hydrogen) atoms. The summed E-state index contributed by atoms with van der Waals surface area (Å²) in [5.74, 6) is -1.32. The monoisotopic (exact) mass is 334 g/mol. The first kappa shape index (κ1) is 20.2. The number of carbonyl (C=O) groups is 2. The summed E-state index contributed by atoms with van der Waals surface area (Å²) in [6, 6.07) is 9.24. The van der Waals surface area contributed by atoms with Crippen molar-refractivity contribution in [3.8, 4) is 0 Å². The number of rotatable bonds is 8. The lowest BCUT2D eigenvalue weighted by Crippen LogP contribution is -2.59. The van der Waals surface area contributed by atoms with E-state index in [1.807, 2.05) is 44.2 Å². The van der Waals surface area contributed by atoms with Gasteiger partial charge in [-0.1, -0.05) is 44.2 Å². The zero-order valence-electron chi connectivity index (χ0n) is 14.7. The van der Waals surface area contributed by atoms with E-state index in [2.05, 4.69) is 10.6 Å². The normalized spacial score (nSPS) is 12.6. The summed E-state index contributed by atoms with van der Waals surface area (Å²) in [4.78, 5) is 24.5. The van der Waals surface area contributed by atoms with Gasteiger partial charge < -0.3 is 20.7 Å². The first-order chi connectivity index (χ1) is 11.1. The Bertz CT molecular complexity index is 547. The molecule has 0 aliphatic carbocycles. The molecule has 0 aliphatic rings. The number of amides is 2. The predicted octanol–water partition coefficient (Wildman–Crippen LogP) is 0.667. The van der Waals surface area contributed by atoms with Crippen LogP contribution < -0.4 is 10.6 Å². The van der Waals surface area contributed by atoms with E-state index in [1.165, 1.54) is 0 Å². The third-order valence-electron chi connectivity index (χ3n) is 3.63. The second-order valence-electron chi connectivity index (χ2n) is 6.96. The van der Waals surface area contributed by atoms with E-state index < -0.39 is 24.5 Å². The molecular formula is C17H27BN2O4. The van der Waals surface area contributed by atoms with Crippen LogP contribution in [0.4, 0.5) is 0 Å². The number of nitrogens with one attached hydrogen (secondary N) is 2. The highest BCUT2D eigenvalue weighted by atomic mass is 16.4. The van der Waals surface area contributed by atoms with Crippen LogP contribution in [0.5, 0.6) is 0 Å². The van der Waals surface area contributed by atoms with Gasteiger partial charge in [-0.05, 0) is 31.7 Å². The molecule has 0 unspecified atom stereocenters. The summed E-state index contributed by atoms with van der Waals surface area (Å²) in [5, 5.41) is 24.1. The first-order valence-corrected chi connectivity index (χ1v) is 8.14. The van der Waals surface area contributed by atoms with Crippen LogP contribution in [-0.2, 0) is 16.0 Å². The third-order valence-corrected chi connectivity index (χ3v) is 3.63. The van der Waals surface area contributed by atoms with Gasteiger partial charge in [0.2, 0.25) is 11.8 Å². The highest BCUT2D eigenvalue weighted by Gasteiger charge is 2.34. The minimum absolute atomic E-state index is 0.176. The largest absolute Gasteiger partial charge is 0.475 e. The predicted molar refractivity (Wildman–Crippen MR) is 93.9 cm³/mol. The lowest BCUT2D eigenvalue weighted by Gasteiger charge is -2.29. The maximum atomic E-state index is 12.4. The van der Waals surface area contributed by atoms with Crippen molar-refractivity contribution in [2.75, 3.05) is 0 Å². The Hall–Kier alpha value is -1.86. The zero-order chi connectivity index (χ0) is 18.3. The summed E-state index contributed by atoms with van der Waals surface area (Å²) in [5.41, 5.74) is -0.301. The van der Waals surface area contributed by atoms with E-state index in [0.717, 1.165) is 5.56 Å². The van der Waals surface area contributed by atoms with Crippen LogP contribution in [0.2, 0.25) is 0 Å². The topological polar surface area (TPSA) is 98.7 Å². The summed E-state index contributed by atoms with van der Waals surface area (Å²) in [6.45, 7) is 7.02. The van der Waals surface area contributed by atoms with Crippen molar-refractivity contribution in [3.05, 3.63) is 35.9 Å². The van der Waals surface area contributed by atoms with Gasteiger partial charge in [0.1, 0.15) is 5.54 Å². The molecule has 0 saturated heterocycles. The lowest BCUT2D eigenvalue weighted by molar-refractivity contribution is -0.132. The van der Waals surface area contributed by atoms with E-state index in [1.54, 1.807) is 13.8 Å². The van der Waals surface area contributed by atoms with Crippen molar-refractivity contribution in [2.24, 2.45) is 5.92 Å². The lowest BCUT2D eigenvalue weighted by atomic mass is 9.74. The van der Waals surface area contributed by atoms with Gasteiger partial charge in [-0.15, -0.1) is 0 Å². The summed E-state index contributed by atoms with van der Waals surface area (Å²) in [6.07, 6.45) is 0.604. The van der Waals surface area contributed by atoms with Crippen molar-refractivity contribution < 1.29 is 19.6 Å². The molecule has 0 aliphatic heterocycles. The van der Waals surface area contributed by atoms with Crippen molar-refractivity contribution in [2.45, 2.75) is 52.0 Å². The molecule has 1 aromatic rings. The summed E-state index contributed by atoms with van der Waals surface area (Å²) >= 11 is 0. The molecule has 132 valence electrons. The molecule has 4 N–H and O–H groups in total. The van der Waals surface area contributed by atoms with Crippen LogP contribution in [0.25, 0.3) is 0 Å². The number of benzene rings is 1. The Morgan fingerprint density at radius 3 is 2.25 bits per heavy atom. The molecule has 1 rings (SSSR count). The Morgan fingerprint density at radius 2 is 1.75 bits per heavy atom. The van der Waals surface area contributed by atoms with E-state index in [-0.39, 0.29) is 18.2 Å². The Kier molecular flexibility index (Phi) is 7.44. The van der Waals surface area contributed by atoms with Gasteiger partial charge in [-0.2, -0.15) is 0 Å². The molecule has 2 amide bonds. The van der Waals surface area contributed by atoms with Crippen molar-refractivity contribution in [1.82, 2.24) is 10.6 Å². The molecule has 0 bridgehead atoms. The van der Waals surface area contributed by atoms with Gasteiger partial charge in [0.25, 0.3) is 0 Å². The molecule has 0 spiro atoms.